The van der Waals surface area contributed by atoms with Gasteiger partial charge in [-0.05, 0) is 18.8 Å². The Morgan fingerprint density at radius 2 is 1.75 bits per heavy atom. The molecule has 0 aromatic heterocycles. The predicted molar refractivity (Wildman–Crippen MR) is 75.5 cm³/mol. The van der Waals surface area contributed by atoms with Crippen LogP contribution in [0.5, 0.6) is 0 Å². The van der Waals surface area contributed by atoms with Gasteiger partial charge in [0, 0.05) is 46.3 Å². The van der Waals surface area contributed by atoms with E-state index in [1.807, 2.05) is 11.8 Å². The van der Waals surface area contributed by atoms with Crippen LogP contribution in [0.3, 0.4) is 0 Å². The molecule has 0 aliphatic carbocycles. The number of amides is 2. The molecule has 2 rings (SSSR count). The Hall–Kier alpha value is -1.30. The third-order valence-electron chi connectivity index (χ3n) is 4.59. The van der Waals surface area contributed by atoms with Crippen molar-refractivity contribution in [2.75, 3.05) is 40.3 Å². The van der Waals surface area contributed by atoms with Gasteiger partial charge >= 0.3 is 12.0 Å². The van der Waals surface area contributed by atoms with Crippen molar-refractivity contribution in [2.45, 2.75) is 25.8 Å². The van der Waals surface area contributed by atoms with E-state index in [2.05, 4.69) is 4.90 Å². The van der Waals surface area contributed by atoms with E-state index in [4.69, 9.17) is 0 Å². The minimum atomic E-state index is -0.680. The van der Waals surface area contributed by atoms with Crippen molar-refractivity contribution in [3.63, 3.8) is 0 Å². The fraction of sp³-hybridized carbons (Fsp3) is 0.857. The maximum absolute atomic E-state index is 11.9. The average Bonchev–Trinajstić information content (AvgIpc) is 2.80. The fourth-order valence-electron chi connectivity index (χ4n) is 3.33. The second-order valence-electron chi connectivity index (χ2n) is 6.27. The van der Waals surface area contributed by atoms with E-state index in [1.165, 1.54) is 0 Å². The number of likely N-dealkylation sites (tertiary alicyclic amines) is 2. The Labute approximate surface area is 120 Å². The van der Waals surface area contributed by atoms with E-state index in [0.29, 0.717) is 12.6 Å². The van der Waals surface area contributed by atoms with Crippen LogP contribution >= 0.6 is 0 Å². The number of carbonyl (C=O) groups is 2. The Bertz CT molecular complexity index is 378. The molecule has 0 saturated carbocycles. The lowest BCUT2D eigenvalue weighted by Gasteiger charge is -2.37. The normalized spacial score (nSPS) is 28.6. The molecule has 2 saturated heterocycles. The zero-order valence-corrected chi connectivity index (χ0v) is 12.6. The SMILES string of the molecule is C[C@@H]1CN(C2CCN(C(=O)N(C)C)CC2)C[C@H]1C(=O)O. The standard InChI is InChI=1S/C14H25N3O3/c1-10-8-17(9-12(10)13(18)19)11-4-6-16(7-5-11)14(20)15(2)3/h10-12H,4-9H2,1-3H3,(H,18,19)/t10-,12-/m1/s1. The van der Waals surface area contributed by atoms with Crippen molar-refractivity contribution in [1.82, 2.24) is 14.7 Å². The summed E-state index contributed by atoms with van der Waals surface area (Å²) in [6.07, 6.45) is 1.89. The van der Waals surface area contributed by atoms with Crippen LogP contribution in [-0.2, 0) is 4.79 Å². The summed E-state index contributed by atoms with van der Waals surface area (Å²) >= 11 is 0. The van der Waals surface area contributed by atoms with E-state index in [-0.39, 0.29) is 17.9 Å². The number of carboxylic acid groups (broad SMARTS) is 1. The van der Waals surface area contributed by atoms with E-state index < -0.39 is 5.97 Å². The second-order valence-corrected chi connectivity index (χ2v) is 6.27. The summed E-state index contributed by atoms with van der Waals surface area (Å²) < 4.78 is 0. The van der Waals surface area contributed by atoms with E-state index >= 15 is 0 Å². The topological polar surface area (TPSA) is 64.1 Å². The minimum absolute atomic E-state index is 0.0710. The first kappa shape index (κ1) is 15.1. The van der Waals surface area contributed by atoms with Crippen LogP contribution in [0.4, 0.5) is 4.79 Å². The van der Waals surface area contributed by atoms with Gasteiger partial charge in [-0.15, -0.1) is 0 Å². The number of rotatable bonds is 2. The second kappa shape index (κ2) is 5.99. The summed E-state index contributed by atoms with van der Waals surface area (Å²) in [4.78, 5) is 28.8. The number of hydrogen-bond acceptors (Lipinski definition) is 3. The molecule has 2 atom stereocenters. The van der Waals surface area contributed by atoms with Crippen molar-refractivity contribution in [3.8, 4) is 0 Å². The van der Waals surface area contributed by atoms with E-state index in [0.717, 1.165) is 32.5 Å². The predicted octanol–water partition coefficient (Wildman–Crippen LogP) is 0.785. The van der Waals surface area contributed by atoms with Crippen LogP contribution in [0.1, 0.15) is 19.8 Å². The molecule has 2 fully saturated rings. The number of hydrogen-bond donors (Lipinski definition) is 1. The highest BCUT2D eigenvalue weighted by molar-refractivity contribution is 5.74. The van der Waals surface area contributed by atoms with Gasteiger partial charge in [0.1, 0.15) is 0 Å². The van der Waals surface area contributed by atoms with Gasteiger partial charge in [0.05, 0.1) is 5.92 Å². The first-order valence-electron chi connectivity index (χ1n) is 7.33. The van der Waals surface area contributed by atoms with Crippen molar-refractivity contribution in [2.24, 2.45) is 11.8 Å². The Morgan fingerprint density at radius 3 is 2.20 bits per heavy atom. The molecule has 6 heteroatoms. The molecule has 114 valence electrons. The number of carbonyl (C=O) groups excluding carboxylic acids is 1. The van der Waals surface area contributed by atoms with Gasteiger partial charge in [0.2, 0.25) is 0 Å². The number of nitrogens with zero attached hydrogens (tertiary/aromatic N) is 3. The van der Waals surface area contributed by atoms with Gasteiger partial charge in [-0.3, -0.25) is 9.69 Å². The molecular weight excluding hydrogens is 258 g/mol. The molecule has 0 bridgehead atoms. The van der Waals surface area contributed by atoms with Crippen LogP contribution < -0.4 is 0 Å². The number of urea groups is 1. The van der Waals surface area contributed by atoms with Crippen molar-refractivity contribution < 1.29 is 14.7 Å². The third kappa shape index (κ3) is 3.06. The highest BCUT2D eigenvalue weighted by Crippen LogP contribution is 2.28. The summed E-state index contributed by atoms with van der Waals surface area (Å²) in [5.41, 5.74) is 0. The zero-order chi connectivity index (χ0) is 14.9. The quantitative estimate of drug-likeness (QED) is 0.813. The van der Waals surface area contributed by atoms with Gasteiger partial charge < -0.3 is 14.9 Å². The summed E-state index contributed by atoms with van der Waals surface area (Å²) in [6.45, 7) is 5.07. The van der Waals surface area contributed by atoms with Gasteiger partial charge in [0.15, 0.2) is 0 Å². The molecule has 0 aromatic carbocycles. The van der Waals surface area contributed by atoms with E-state index in [1.54, 1.807) is 19.0 Å². The van der Waals surface area contributed by atoms with Crippen LogP contribution in [0.2, 0.25) is 0 Å². The van der Waals surface area contributed by atoms with Crippen LogP contribution in [0.25, 0.3) is 0 Å². The largest absolute Gasteiger partial charge is 0.481 e. The molecule has 20 heavy (non-hydrogen) atoms. The fourth-order valence-corrected chi connectivity index (χ4v) is 3.33. The Kier molecular flexibility index (Phi) is 4.52. The lowest BCUT2D eigenvalue weighted by Crippen LogP contribution is -2.48. The van der Waals surface area contributed by atoms with Gasteiger partial charge in [0.25, 0.3) is 0 Å². The van der Waals surface area contributed by atoms with E-state index in [9.17, 15) is 14.7 Å². The van der Waals surface area contributed by atoms with Crippen molar-refractivity contribution in [3.05, 3.63) is 0 Å². The van der Waals surface area contributed by atoms with Crippen LogP contribution in [0, 0.1) is 11.8 Å². The first-order valence-corrected chi connectivity index (χ1v) is 7.33. The lowest BCUT2D eigenvalue weighted by atomic mass is 9.99. The summed E-state index contributed by atoms with van der Waals surface area (Å²) in [5.74, 6) is -0.703. The molecule has 2 amide bonds. The summed E-state index contributed by atoms with van der Waals surface area (Å²) in [5, 5.41) is 9.19. The Morgan fingerprint density at radius 1 is 1.15 bits per heavy atom. The lowest BCUT2D eigenvalue weighted by molar-refractivity contribution is -0.142. The zero-order valence-electron chi connectivity index (χ0n) is 12.6. The molecule has 0 unspecified atom stereocenters. The number of carboxylic acids is 1. The van der Waals surface area contributed by atoms with Crippen LogP contribution in [-0.4, -0.2) is 78.1 Å². The van der Waals surface area contributed by atoms with Gasteiger partial charge in [-0.1, -0.05) is 6.92 Å². The first-order chi connectivity index (χ1) is 9.40. The van der Waals surface area contributed by atoms with Gasteiger partial charge in [-0.2, -0.15) is 0 Å². The molecule has 0 aromatic rings. The maximum atomic E-state index is 11.9. The highest BCUT2D eigenvalue weighted by atomic mass is 16.4. The van der Waals surface area contributed by atoms with Crippen molar-refractivity contribution >= 4 is 12.0 Å². The molecule has 6 nitrogen and oxygen atoms in total. The maximum Gasteiger partial charge on any atom is 0.319 e. The third-order valence-corrected chi connectivity index (χ3v) is 4.59. The monoisotopic (exact) mass is 283 g/mol. The number of piperidine rings is 1. The molecule has 1 N–H and O–H groups in total. The summed E-state index contributed by atoms with van der Waals surface area (Å²) in [6, 6.07) is 0.495. The molecule has 2 heterocycles. The van der Waals surface area contributed by atoms with Crippen LogP contribution in [0.15, 0.2) is 0 Å². The molecule has 0 spiro atoms. The molecule has 0 radical (unpaired) electrons. The summed E-state index contributed by atoms with van der Waals surface area (Å²) in [7, 11) is 3.54. The average molecular weight is 283 g/mol. The number of aliphatic carboxylic acids is 1. The highest BCUT2D eigenvalue weighted by Gasteiger charge is 2.38. The van der Waals surface area contributed by atoms with Crippen molar-refractivity contribution in [1.29, 1.82) is 0 Å². The Balaban J connectivity index is 1.86. The molecular formula is C14H25N3O3. The van der Waals surface area contributed by atoms with Gasteiger partial charge in [-0.25, -0.2) is 4.79 Å². The minimum Gasteiger partial charge on any atom is -0.481 e. The molecule has 2 aliphatic rings. The molecule has 2 aliphatic heterocycles. The smallest absolute Gasteiger partial charge is 0.319 e.